The average Bonchev–Trinajstić information content (AvgIpc) is 2.81. The number of benzene rings is 3. The highest BCUT2D eigenvalue weighted by atomic mass is 32.2. The zero-order valence-corrected chi connectivity index (χ0v) is 19.7. The van der Waals surface area contributed by atoms with Crippen molar-refractivity contribution < 1.29 is 22.7 Å². The van der Waals surface area contributed by atoms with E-state index in [2.05, 4.69) is 10.0 Å². The topological polar surface area (TPSA) is 93.7 Å². The monoisotopic (exact) mass is 468 g/mol. The molecule has 174 valence electrons. The number of hydrogen-bond acceptors (Lipinski definition) is 5. The third kappa shape index (κ3) is 6.34. The van der Waals surface area contributed by atoms with Crippen LogP contribution in [0.3, 0.4) is 0 Å². The van der Waals surface area contributed by atoms with Crippen molar-refractivity contribution in [3.05, 3.63) is 78.4 Å². The number of amides is 1. The van der Waals surface area contributed by atoms with Crippen molar-refractivity contribution >= 4 is 15.9 Å². The minimum Gasteiger partial charge on any atom is -0.495 e. The van der Waals surface area contributed by atoms with Gasteiger partial charge in [-0.2, -0.15) is 0 Å². The Morgan fingerprint density at radius 1 is 0.939 bits per heavy atom. The van der Waals surface area contributed by atoms with Crippen LogP contribution in [-0.4, -0.2) is 40.6 Å². The summed E-state index contributed by atoms with van der Waals surface area (Å²) in [6, 6.07) is 21.6. The predicted molar refractivity (Wildman–Crippen MR) is 128 cm³/mol. The van der Waals surface area contributed by atoms with Crippen molar-refractivity contribution in [2.75, 3.05) is 20.3 Å². The van der Waals surface area contributed by atoms with Crippen LogP contribution >= 0.6 is 0 Å². The lowest BCUT2D eigenvalue weighted by Gasteiger charge is -2.14. The highest BCUT2D eigenvalue weighted by molar-refractivity contribution is 7.89. The third-order valence-electron chi connectivity index (χ3n) is 4.72. The maximum Gasteiger partial charge on any atom is 0.251 e. The van der Waals surface area contributed by atoms with E-state index in [0.29, 0.717) is 0 Å². The molecule has 3 aromatic rings. The van der Waals surface area contributed by atoms with Crippen molar-refractivity contribution in [3.63, 3.8) is 0 Å². The van der Waals surface area contributed by atoms with Gasteiger partial charge in [0.05, 0.1) is 13.7 Å². The van der Waals surface area contributed by atoms with E-state index in [4.69, 9.17) is 9.47 Å². The van der Waals surface area contributed by atoms with Crippen LogP contribution in [0, 0.1) is 0 Å². The van der Waals surface area contributed by atoms with E-state index in [1.807, 2.05) is 54.6 Å². The standard InChI is InChI=1S/C25H28N2O5S/c1-18(2)27-33(29,30)24-17-20(13-14-23(24)31-3)25(28)26-15-16-32-22-12-8-7-11-21(22)19-9-5-4-6-10-19/h4-14,17-18,27H,15-16H2,1-3H3,(H,26,28). The summed E-state index contributed by atoms with van der Waals surface area (Å²) in [5.74, 6) is 0.481. The molecule has 1 amide bonds. The molecule has 0 aliphatic carbocycles. The predicted octanol–water partition coefficient (Wildman–Crippen LogP) is 3.86. The number of rotatable bonds is 10. The van der Waals surface area contributed by atoms with Crippen LogP contribution in [0.25, 0.3) is 11.1 Å². The van der Waals surface area contributed by atoms with Gasteiger partial charge in [-0.15, -0.1) is 0 Å². The number of ether oxygens (including phenoxy) is 2. The molecular formula is C25H28N2O5S. The number of carbonyl (C=O) groups excluding carboxylic acids is 1. The Morgan fingerprint density at radius 2 is 1.64 bits per heavy atom. The van der Waals surface area contributed by atoms with Gasteiger partial charge in [-0.1, -0.05) is 48.5 Å². The van der Waals surface area contributed by atoms with Crippen molar-refractivity contribution in [2.45, 2.75) is 24.8 Å². The fraction of sp³-hybridized carbons (Fsp3) is 0.240. The molecule has 0 radical (unpaired) electrons. The molecule has 3 rings (SSSR count). The fourth-order valence-corrected chi connectivity index (χ4v) is 4.72. The molecule has 0 aliphatic rings. The summed E-state index contributed by atoms with van der Waals surface area (Å²) in [7, 11) is -2.45. The van der Waals surface area contributed by atoms with E-state index in [1.165, 1.54) is 25.3 Å². The molecule has 0 unspecified atom stereocenters. The zero-order chi connectivity index (χ0) is 23.8. The summed E-state index contributed by atoms with van der Waals surface area (Å²) in [4.78, 5) is 12.5. The van der Waals surface area contributed by atoms with Crippen LogP contribution in [0.2, 0.25) is 0 Å². The van der Waals surface area contributed by atoms with E-state index in [0.717, 1.165) is 16.9 Å². The molecule has 7 nitrogen and oxygen atoms in total. The third-order valence-corrected chi connectivity index (χ3v) is 6.40. The minimum atomic E-state index is -3.83. The number of hydrogen-bond donors (Lipinski definition) is 2. The first-order valence-electron chi connectivity index (χ1n) is 10.6. The number of methoxy groups -OCH3 is 1. The van der Waals surface area contributed by atoms with Gasteiger partial charge in [0.2, 0.25) is 10.0 Å². The van der Waals surface area contributed by atoms with Gasteiger partial charge in [-0.25, -0.2) is 13.1 Å². The molecule has 0 saturated heterocycles. The highest BCUT2D eigenvalue weighted by Crippen LogP contribution is 2.29. The van der Waals surface area contributed by atoms with Gasteiger partial charge in [0.1, 0.15) is 23.0 Å². The lowest BCUT2D eigenvalue weighted by atomic mass is 10.1. The molecule has 0 bridgehead atoms. The van der Waals surface area contributed by atoms with Crippen LogP contribution < -0.4 is 19.5 Å². The first-order valence-corrected chi connectivity index (χ1v) is 12.1. The lowest BCUT2D eigenvalue weighted by Crippen LogP contribution is -2.31. The van der Waals surface area contributed by atoms with Gasteiger partial charge < -0.3 is 14.8 Å². The SMILES string of the molecule is COc1ccc(C(=O)NCCOc2ccccc2-c2ccccc2)cc1S(=O)(=O)NC(C)C. The number of nitrogens with one attached hydrogen (secondary N) is 2. The molecule has 0 spiro atoms. The summed E-state index contributed by atoms with van der Waals surface area (Å²) in [5, 5.41) is 2.77. The van der Waals surface area contributed by atoms with Crippen LogP contribution in [-0.2, 0) is 10.0 Å². The van der Waals surface area contributed by atoms with Crippen molar-refractivity contribution in [3.8, 4) is 22.6 Å². The van der Waals surface area contributed by atoms with Gasteiger partial charge in [-0.3, -0.25) is 4.79 Å². The molecule has 8 heteroatoms. The van der Waals surface area contributed by atoms with Gasteiger partial charge >= 0.3 is 0 Å². The first-order chi connectivity index (χ1) is 15.8. The molecule has 2 N–H and O–H groups in total. The second kappa shape index (κ2) is 11.0. The van der Waals surface area contributed by atoms with Crippen LogP contribution in [0.1, 0.15) is 24.2 Å². The van der Waals surface area contributed by atoms with Gasteiger partial charge in [0, 0.05) is 17.2 Å². The Hall–Kier alpha value is -3.36. The lowest BCUT2D eigenvalue weighted by molar-refractivity contribution is 0.0947. The average molecular weight is 469 g/mol. The summed E-state index contributed by atoms with van der Waals surface area (Å²) in [6.45, 7) is 3.94. The number of sulfonamides is 1. The van der Waals surface area contributed by atoms with E-state index < -0.39 is 15.9 Å². The second-order valence-electron chi connectivity index (χ2n) is 7.61. The fourth-order valence-electron chi connectivity index (χ4n) is 3.28. The van der Waals surface area contributed by atoms with Crippen LogP contribution in [0.15, 0.2) is 77.7 Å². The quantitative estimate of drug-likeness (QED) is 0.441. The van der Waals surface area contributed by atoms with Crippen molar-refractivity contribution in [1.29, 1.82) is 0 Å². The Labute approximate surface area is 194 Å². The largest absolute Gasteiger partial charge is 0.495 e. The second-order valence-corrected chi connectivity index (χ2v) is 9.29. The summed E-state index contributed by atoms with van der Waals surface area (Å²) >= 11 is 0. The molecule has 0 heterocycles. The van der Waals surface area contributed by atoms with E-state index >= 15 is 0 Å². The first kappa shape index (κ1) is 24.3. The summed E-state index contributed by atoms with van der Waals surface area (Å²) in [6.07, 6.45) is 0. The number of para-hydroxylation sites is 1. The van der Waals surface area contributed by atoms with Gasteiger partial charge in [0.15, 0.2) is 0 Å². The Morgan fingerprint density at radius 3 is 2.33 bits per heavy atom. The molecule has 0 saturated carbocycles. The highest BCUT2D eigenvalue weighted by Gasteiger charge is 2.22. The summed E-state index contributed by atoms with van der Waals surface area (Å²) in [5.41, 5.74) is 2.22. The van der Waals surface area contributed by atoms with E-state index in [9.17, 15) is 13.2 Å². The maximum atomic E-state index is 12.6. The molecule has 33 heavy (non-hydrogen) atoms. The molecule has 0 fully saturated rings. The zero-order valence-electron chi connectivity index (χ0n) is 18.9. The van der Waals surface area contributed by atoms with Crippen LogP contribution in [0.5, 0.6) is 11.5 Å². The van der Waals surface area contributed by atoms with Crippen LogP contribution in [0.4, 0.5) is 0 Å². The van der Waals surface area contributed by atoms with E-state index in [-0.39, 0.29) is 35.4 Å². The molecule has 0 aliphatic heterocycles. The van der Waals surface area contributed by atoms with Crippen molar-refractivity contribution in [1.82, 2.24) is 10.0 Å². The van der Waals surface area contributed by atoms with Crippen molar-refractivity contribution in [2.24, 2.45) is 0 Å². The summed E-state index contributed by atoms with van der Waals surface area (Å²) < 4.78 is 38.8. The van der Waals surface area contributed by atoms with E-state index in [1.54, 1.807) is 13.8 Å². The Balaban J connectivity index is 1.65. The Bertz CT molecular complexity index is 1190. The minimum absolute atomic E-state index is 0.0839. The smallest absolute Gasteiger partial charge is 0.251 e. The molecule has 0 aromatic heterocycles. The van der Waals surface area contributed by atoms with Gasteiger partial charge in [-0.05, 0) is 43.7 Å². The van der Waals surface area contributed by atoms with Gasteiger partial charge in [0.25, 0.3) is 5.91 Å². The normalized spacial score (nSPS) is 11.3. The Kier molecular flexibility index (Phi) is 8.08. The number of carbonyl (C=O) groups is 1. The maximum absolute atomic E-state index is 12.6. The molecule has 0 atom stereocenters. The molecule has 3 aromatic carbocycles. The molecular weight excluding hydrogens is 440 g/mol.